The summed E-state index contributed by atoms with van der Waals surface area (Å²) < 4.78 is 29.5. The van der Waals surface area contributed by atoms with Crippen LogP contribution in [0.5, 0.6) is 0 Å². The third-order valence-corrected chi connectivity index (χ3v) is 4.74. The van der Waals surface area contributed by atoms with Crippen LogP contribution in [0.3, 0.4) is 0 Å². The minimum Gasteiger partial charge on any atom is -0.326 e. The summed E-state index contributed by atoms with van der Waals surface area (Å²) in [4.78, 5) is 13.3. The van der Waals surface area contributed by atoms with E-state index in [1.54, 1.807) is 30.4 Å². The molecule has 0 spiro atoms. The monoisotopic (exact) mass is 360 g/mol. The van der Waals surface area contributed by atoms with E-state index in [0.717, 1.165) is 28.3 Å². The minimum absolute atomic E-state index is 0.274. The Bertz CT molecular complexity index is 1240. The summed E-state index contributed by atoms with van der Waals surface area (Å²) in [6.07, 6.45) is 5.40. The smallest absolute Gasteiger partial charge is 0.153 e. The highest BCUT2D eigenvalue weighted by Gasteiger charge is 2.20. The first kappa shape index (κ1) is 15.8. The van der Waals surface area contributed by atoms with Gasteiger partial charge in [0, 0.05) is 29.4 Å². The normalized spacial score (nSPS) is 12.7. The van der Waals surface area contributed by atoms with E-state index in [0.29, 0.717) is 23.3 Å². The molecule has 27 heavy (non-hydrogen) atoms. The maximum atomic E-state index is 14.0. The van der Waals surface area contributed by atoms with Gasteiger partial charge in [-0.05, 0) is 42.8 Å². The molecule has 4 nitrogen and oxygen atoms in total. The second kappa shape index (κ2) is 5.81. The second-order valence-electron chi connectivity index (χ2n) is 6.56. The maximum absolute atomic E-state index is 14.0. The van der Waals surface area contributed by atoms with Gasteiger partial charge in [-0.2, -0.15) is 0 Å². The summed E-state index contributed by atoms with van der Waals surface area (Å²) in [5.41, 5.74) is 3.61. The van der Waals surface area contributed by atoms with Crippen LogP contribution in [0.25, 0.3) is 34.4 Å². The number of benzene rings is 2. The summed E-state index contributed by atoms with van der Waals surface area (Å²) in [6.45, 7) is 2.50. The molecule has 0 bridgehead atoms. The Kier molecular flexibility index (Phi) is 3.40. The third kappa shape index (κ3) is 2.61. The fraction of sp³-hybridized carbons (Fsp3) is 0.0952. The van der Waals surface area contributed by atoms with Crippen LogP contribution in [-0.2, 0) is 6.54 Å². The van der Waals surface area contributed by atoms with Gasteiger partial charge in [-0.25, -0.2) is 23.7 Å². The largest absolute Gasteiger partial charge is 0.326 e. The zero-order chi connectivity index (χ0) is 18.5. The Morgan fingerprint density at radius 3 is 2.81 bits per heavy atom. The molecule has 0 fully saturated rings. The molecule has 0 atom stereocenters. The van der Waals surface area contributed by atoms with Crippen molar-refractivity contribution in [1.82, 2.24) is 19.5 Å². The number of halogens is 2. The molecular formula is C21H14F2N4. The van der Waals surface area contributed by atoms with E-state index in [2.05, 4.69) is 15.0 Å². The quantitative estimate of drug-likeness (QED) is 0.462. The van der Waals surface area contributed by atoms with Crippen molar-refractivity contribution in [2.45, 2.75) is 13.5 Å². The van der Waals surface area contributed by atoms with Crippen molar-refractivity contribution >= 4 is 23.1 Å². The van der Waals surface area contributed by atoms with E-state index in [-0.39, 0.29) is 11.6 Å². The van der Waals surface area contributed by atoms with Crippen LogP contribution in [0.1, 0.15) is 22.8 Å². The second-order valence-corrected chi connectivity index (χ2v) is 6.56. The molecule has 3 heterocycles. The topological polar surface area (TPSA) is 43.6 Å². The molecule has 1 aliphatic heterocycles. The Hall–Kier alpha value is -3.41. The molecule has 1 aliphatic rings. The number of aryl methyl sites for hydroxylation is 1. The van der Waals surface area contributed by atoms with E-state index in [9.17, 15) is 8.78 Å². The zero-order valence-corrected chi connectivity index (χ0v) is 14.4. The number of fused-ring (bicyclic) bond motifs is 4. The zero-order valence-electron chi connectivity index (χ0n) is 14.4. The molecule has 2 aromatic heterocycles. The molecule has 2 aromatic carbocycles. The van der Waals surface area contributed by atoms with Crippen molar-refractivity contribution < 1.29 is 8.78 Å². The first-order valence-corrected chi connectivity index (χ1v) is 8.55. The average molecular weight is 360 g/mol. The molecule has 0 saturated carbocycles. The number of rotatable bonds is 2. The molecule has 0 radical (unpaired) electrons. The van der Waals surface area contributed by atoms with Crippen molar-refractivity contribution in [3.63, 3.8) is 0 Å². The van der Waals surface area contributed by atoms with Gasteiger partial charge in [0.15, 0.2) is 5.82 Å². The van der Waals surface area contributed by atoms with Gasteiger partial charge in [0.2, 0.25) is 0 Å². The summed E-state index contributed by atoms with van der Waals surface area (Å²) in [7, 11) is 0. The highest BCUT2D eigenvalue weighted by molar-refractivity contribution is 5.82. The minimum atomic E-state index is -0.368. The number of hydrogen-bond donors (Lipinski definition) is 0. The lowest BCUT2D eigenvalue weighted by molar-refractivity contribution is 0.628. The molecular weight excluding hydrogens is 346 g/mol. The lowest BCUT2D eigenvalue weighted by atomic mass is 10.1. The van der Waals surface area contributed by atoms with E-state index in [1.165, 1.54) is 18.2 Å². The van der Waals surface area contributed by atoms with E-state index < -0.39 is 0 Å². The van der Waals surface area contributed by atoms with Gasteiger partial charge in [0.25, 0.3) is 0 Å². The van der Waals surface area contributed by atoms with E-state index in [4.69, 9.17) is 0 Å². The summed E-state index contributed by atoms with van der Waals surface area (Å²) in [5, 5.41) is 0.701. The standard InChI is InChI=1S/C21H14F2N4/c1-12-16-3-2-4-18(23)20(16)26-19(24-12)8-7-15-11-27-10-13-5-6-14(22)9-17(13)21(27)25-15/h2-9,11H,10H2,1H3. The van der Waals surface area contributed by atoms with Gasteiger partial charge in [-0.1, -0.05) is 18.2 Å². The molecule has 0 aliphatic carbocycles. The number of nitrogens with zero attached hydrogens (tertiary/aromatic N) is 4. The lowest BCUT2D eigenvalue weighted by Gasteiger charge is -2.03. The van der Waals surface area contributed by atoms with Crippen molar-refractivity contribution in [3.05, 3.63) is 77.0 Å². The molecule has 0 saturated heterocycles. The van der Waals surface area contributed by atoms with Crippen LogP contribution in [0.2, 0.25) is 0 Å². The fourth-order valence-corrected chi connectivity index (χ4v) is 3.46. The number of imidazole rings is 1. The maximum Gasteiger partial charge on any atom is 0.153 e. The van der Waals surface area contributed by atoms with Crippen LogP contribution in [0, 0.1) is 18.6 Å². The van der Waals surface area contributed by atoms with Crippen LogP contribution < -0.4 is 0 Å². The predicted octanol–water partition coefficient (Wildman–Crippen LogP) is 4.61. The molecule has 6 heteroatoms. The predicted molar refractivity (Wildman–Crippen MR) is 99.9 cm³/mol. The Balaban J connectivity index is 1.51. The van der Waals surface area contributed by atoms with Crippen molar-refractivity contribution in [1.29, 1.82) is 0 Å². The lowest BCUT2D eigenvalue weighted by Crippen LogP contribution is -1.95. The number of aromatic nitrogens is 4. The van der Waals surface area contributed by atoms with Gasteiger partial charge in [-0.3, -0.25) is 0 Å². The van der Waals surface area contributed by atoms with Crippen LogP contribution in [0.15, 0.2) is 42.6 Å². The molecule has 5 rings (SSSR count). The first-order chi connectivity index (χ1) is 13.1. The summed E-state index contributed by atoms with van der Waals surface area (Å²) in [5.74, 6) is 0.520. The van der Waals surface area contributed by atoms with Crippen molar-refractivity contribution in [2.24, 2.45) is 0 Å². The third-order valence-electron chi connectivity index (χ3n) is 4.74. The average Bonchev–Trinajstić information content (AvgIpc) is 3.19. The van der Waals surface area contributed by atoms with Gasteiger partial charge in [0.05, 0.1) is 5.69 Å². The van der Waals surface area contributed by atoms with Crippen molar-refractivity contribution in [3.8, 4) is 11.4 Å². The summed E-state index contributed by atoms with van der Waals surface area (Å²) >= 11 is 0. The fourth-order valence-electron chi connectivity index (χ4n) is 3.46. The van der Waals surface area contributed by atoms with Crippen molar-refractivity contribution in [2.75, 3.05) is 0 Å². The van der Waals surface area contributed by atoms with Gasteiger partial charge in [0.1, 0.15) is 23.0 Å². The molecule has 0 amide bonds. The van der Waals surface area contributed by atoms with Crippen LogP contribution >= 0.6 is 0 Å². The summed E-state index contributed by atoms with van der Waals surface area (Å²) in [6, 6.07) is 9.60. The molecule has 4 aromatic rings. The van der Waals surface area contributed by atoms with Crippen LogP contribution in [-0.4, -0.2) is 19.5 Å². The molecule has 0 N–H and O–H groups in total. The Morgan fingerprint density at radius 2 is 1.93 bits per heavy atom. The number of para-hydroxylation sites is 1. The SMILES string of the molecule is Cc1nc(C=Cc2cn3c(n2)-c2cc(F)ccc2C3)nc2c(F)cccc12. The van der Waals surface area contributed by atoms with Gasteiger partial charge < -0.3 is 4.57 Å². The molecule has 132 valence electrons. The number of hydrogen-bond acceptors (Lipinski definition) is 3. The van der Waals surface area contributed by atoms with E-state index in [1.807, 2.05) is 17.7 Å². The van der Waals surface area contributed by atoms with Crippen LogP contribution in [0.4, 0.5) is 8.78 Å². The Morgan fingerprint density at radius 1 is 1.04 bits per heavy atom. The van der Waals surface area contributed by atoms with Gasteiger partial charge >= 0.3 is 0 Å². The highest BCUT2D eigenvalue weighted by Crippen LogP contribution is 2.32. The van der Waals surface area contributed by atoms with E-state index >= 15 is 0 Å². The first-order valence-electron chi connectivity index (χ1n) is 8.55. The Labute approximate surface area is 153 Å². The van der Waals surface area contributed by atoms with Gasteiger partial charge in [-0.15, -0.1) is 0 Å². The highest BCUT2D eigenvalue weighted by atomic mass is 19.1. The molecule has 0 unspecified atom stereocenters.